The summed E-state index contributed by atoms with van der Waals surface area (Å²) in [6.07, 6.45) is 2.42. The van der Waals surface area contributed by atoms with Gasteiger partial charge in [-0.1, -0.05) is 44.2 Å². The number of aryl methyl sites for hydroxylation is 1. The summed E-state index contributed by atoms with van der Waals surface area (Å²) >= 11 is 0. The van der Waals surface area contributed by atoms with Crippen LogP contribution in [0.4, 0.5) is 0 Å². The Kier molecular flexibility index (Phi) is 8.76. The topological polar surface area (TPSA) is 94.5 Å². The summed E-state index contributed by atoms with van der Waals surface area (Å²) in [4.78, 5) is 24.4. The lowest BCUT2D eigenvalue weighted by Gasteiger charge is -2.11. The van der Waals surface area contributed by atoms with Crippen LogP contribution >= 0.6 is 0 Å². The summed E-state index contributed by atoms with van der Waals surface area (Å²) in [5, 5.41) is 0.979. The van der Waals surface area contributed by atoms with Crippen molar-refractivity contribution in [2.45, 2.75) is 40.7 Å². The van der Waals surface area contributed by atoms with Crippen LogP contribution in [0.5, 0.6) is 0 Å². The minimum absolute atomic E-state index is 0.316. The average molecular weight is 447 g/mol. The molecule has 7 nitrogen and oxygen atoms in total. The Morgan fingerprint density at radius 2 is 1.84 bits per heavy atom. The van der Waals surface area contributed by atoms with Crippen molar-refractivity contribution < 1.29 is 22.7 Å². The van der Waals surface area contributed by atoms with Crippen molar-refractivity contribution in [2.24, 2.45) is 5.92 Å². The van der Waals surface area contributed by atoms with E-state index in [1.807, 2.05) is 19.9 Å². The van der Waals surface area contributed by atoms with Gasteiger partial charge < -0.3 is 9.30 Å². The van der Waals surface area contributed by atoms with Gasteiger partial charge in [-0.2, -0.15) is 0 Å². The van der Waals surface area contributed by atoms with Crippen molar-refractivity contribution in [1.29, 1.82) is 0 Å². The molecule has 0 radical (unpaired) electrons. The normalized spacial score (nSPS) is 11.9. The highest BCUT2D eigenvalue weighted by Gasteiger charge is 2.18. The first-order chi connectivity index (χ1) is 14.6. The van der Waals surface area contributed by atoms with E-state index in [9.17, 15) is 18.0 Å². The summed E-state index contributed by atoms with van der Waals surface area (Å²) in [5.41, 5.74) is 3.05. The predicted molar refractivity (Wildman–Crippen MR) is 121 cm³/mol. The molecule has 0 aliphatic carbocycles. The molecule has 1 N–H and O–H groups in total. The van der Waals surface area contributed by atoms with Gasteiger partial charge in [0.2, 0.25) is 15.8 Å². The molecular weight excluding hydrogens is 416 g/mol. The van der Waals surface area contributed by atoms with Crippen LogP contribution in [0.3, 0.4) is 0 Å². The molecule has 0 bridgehead atoms. The van der Waals surface area contributed by atoms with E-state index in [1.54, 1.807) is 30.3 Å². The van der Waals surface area contributed by atoms with E-state index in [4.69, 9.17) is 4.74 Å². The Labute approximate surface area is 184 Å². The first-order valence-corrected chi connectivity index (χ1v) is 11.7. The quantitative estimate of drug-likeness (QED) is 0.421. The summed E-state index contributed by atoms with van der Waals surface area (Å²) in [7, 11) is -3.81. The number of hydrogen-bond acceptors (Lipinski definition) is 5. The number of aromatic nitrogens is 1. The second kappa shape index (κ2) is 11.1. The Balaban J connectivity index is 1.86. The van der Waals surface area contributed by atoms with E-state index in [0.29, 0.717) is 17.0 Å². The molecule has 0 atom stereocenters. The first kappa shape index (κ1) is 24.6. The highest BCUT2D eigenvalue weighted by Crippen LogP contribution is 2.17. The van der Waals surface area contributed by atoms with E-state index in [2.05, 4.69) is 23.1 Å². The van der Waals surface area contributed by atoms with Gasteiger partial charge in [0.25, 0.3) is 0 Å². The Morgan fingerprint density at radius 1 is 1.16 bits per heavy atom. The minimum Gasteiger partial charge on any atom is -0.456 e. The largest absolute Gasteiger partial charge is 0.456 e. The van der Waals surface area contributed by atoms with Gasteiger partial charge in [-0.25, -0.2) is 13.1 Å². The van der Waals surface area contributed by atoms with Gasteiger partial charge in [0.05, 0.1) is 0 Å². The molecule has 1 heterocycles. The first-order valence-electron chi connectivity index (χ1n) is 10.2. The fourth-order valence-corrected chi connectivity index (χ4v) is 3.78. The molecule has 2 aromatic rings. The lowest BCUT2D eigenvalue weighted by atomic mass is 10.1. The van der Waals surface area contributed by atoms with Crippen molar-refractivity contribution in [3.63, 3.8) is 0 Å². The molecule has 8 heteroatoms. The van der Waals surface area contributed by atoms with Crippen LogP contribution in [-0.4, -0.2) is 37.9 Å². The molecule has 0 fully saturated rings. The number of ketones is 1. The zero-order valence-electron chi connectivity index (χ0n) is 18.4. The van der Waals surface area contributed by atoms with E-state index in [-0.39, 0.29) is 5.78 Å². The SMILES string of the molecule is Cc1cc(C(=O)COC(=O)CNS(=O)(=O)/C=C/c2ccccc2)c(C)n1CCC(C)C. The third-order valence-corrected chi connectivity index (χ3v) is 5.87. The van der Waals surface area contributed by atoms with Crippen LogP contribution in [0.2, 0.25) is 0 Å². The Morgan fingerprint density at radius 3 is 2.48 bits per heavy atom. The Hall–Kier alpha value is -2.71. The molecule has 0 saturated heterocycles. The molecule has 0 amide bonds. The molecule has 0 aliphatic rings. The molecule has 1 aromatic heterocycles. The van der Waals surface area contributed by atoms with Gasteiger partial charge in [0, 0.05) is 28.9 Å². The van der Waals surface area contributed by atoms with E-state index in [0.717, 1.165) is 29.8 Å². The summed E-state index contributed by atoms with van der Waals surface area (Å²) in [5.74, 6) is -0.588. The number of Topliss-reactive ketones (excluding diaryl/α,β-unsaturated/α-hetero) is 1. The van der Waals surface area contributed by atoms with Crippen molar-refractivity contribution in [2.75, 3.05) is 13.2 Å². The fourth-order valence-electron chi connectivity index (χ4n) is 3.03. The number of esters is 1. The van der Waals surface area contributed by atoms with Crippen molar-refractivity contribution >= 4 is 27.9 Å². The van der Waals surface area contributed by atoms with Gasteiger partial charge in [-0.3, -0.25) is 9.59 Å². The molecule has 0 saturated carbocycles. The molecule has 0 unspecified atom stereocenters. The van der Waals surface area contributed by atoms with Crippen molar-refractivity contribution in [3.8, 4) is 0 Å². The minimum atomic E-state index is -3.81. The van der Waals surface area contributed by atoms with Gasteiger partial charge in [-0.05, 0) is 43.9 Å². The van der Waals surface area contributed by atoms with Gasteiger partial charge in [-0.15, -0.1) is 0 Å². The van der Waals surface area contributed by atoms with Crippen LogP contribution in [-0.2, 0) is 26.1 Å². The highest BCUT2D eigenvalue weighted by molar-refractivity contribution is 7.92. The summed E-state index contributed by atoms with van der Waals surface area (Å²) in [6, 6.07) is 10.7. The van der Waals surface area contributed by atoms with E-state index < -0.39 is 29.1 Å². The highest BCUT2D eigenvalue weighted by atomic mass is 32.2. The number of carbonyl (C=O) groups is 2. The van der Waals surface area contributed by atoms with Crippen molar-refractivity contribution in [3.05, 3.63) is 64.3 Å². The van der Waals surface area contributed by atoms with Gasteiger partial charge in [0.15, 0.2) is 6.61 Å². The number of sulfonamides is 1. The third kappa shape index (κ3) is 7.80. The third-order valence-electron chi connectivity index (χ3n) is 4.83. The van der Waals surface area contributed by atoms with Crippen LogP contribution in [0.1, 0.15) is 47.6 Å². The van der Waals surface area contributed by atoms with Gasteiger partial charge in [0.1, 0.15) is 6.54 Å². The molecule has 168 valence electrons. The number of nitrogens with one attached hydrogen (secondary N) is 1. The molecule has 31 heavy (non-hydrogen) atoms. The molecule has 2 rings (SSSR count). The Bertz CT molecular complexity index is 1040. The maximum absolute atomic E-state index is 12.5. The molecule has 0 spiro atoms. The number of rotatable bonds is 11. The molecule has 0 aliphatic heterocycles. The van der Waals surface area contributed by atoms with E-state index >= 15 is 0 Å². The van der Waals surface area contributed by atoms with Crippen LogP contribution in [0.15, 0.2) is 41.8 Å². The second-order valence-electron chi connectivity index (χ2n) is 7.78. The summed E-state index contributed by atoms with van der Waals surface area (Å²) < 4.78 is 33.2. The van der Waals surface area contributed by atoms with Gasteiger partial charge >= 0.3 is 5.97 Å². The monoisotopic (exact) mass is 446 g/mol. The average Bonchev–Trinajstić information content (AvgIpc) is 3.02. The number of carbonyl (C=O) groups excluding carboxylic acids is 2. The van der Waals surface area contributed by atoms with Crippen molar-refractivity contribution in [1.82, 2.24) is 9.29 Å². The number of ether oxygens (including phenoxy) is 1. The lowest BCUT2D eigenvalue weighted by Crippen LogP contribution is -2.30. The number of nitrogens with zero attached hydrogens (tertiary/aromatic N) is 1. The molecule has 1 aromatic carbocycles. The number of hydrogen-bond donors (Lipinski definition) is 1. The predicted octanol–water partition coefficient (Wildman–Crippen LogP) is 3.47. The summed E-state index contributed by atoms with van der Waals surface area (Å²) in [6.45, 7) is 7.93. The van der Waals surface area contributed by atoms with Crippen LogP contribution in [0.25, 0.3) is 6.08 Å². The number of benzene rings is 1. The smallest absolute Gasteiger partial charge is 0.321 e. The second-order valence-corrected chi connectivity index (χ2v) is 9.43. The van der Waals surface area contributed by atoms with Crippen LogP contribution < -0.4 is 4.72 Å². The maximum atomic E-state index is 12.5. The standard InChI is InChI=1S/C23H30N2O5S/c1-17(2)10-12-25-18(3)14-21(19(25)4)22(26)16-30-23(27)15-24-31(28,29)13-11-20-8-6-5-7-9-20/h5-9,11,13-14,17,24H,10,12,15-16H2,1-4H3/b13-11+. The zero-order chi connectivity index (χ0) is 23.0. The lowest BCUT2D eigenvalue weighted by molar-refractivity contribution is -0.141. The maximum Gasteiger partial charge on any atom is 0.321 e. The zero-order valence-corrected chi connectivity index (χ0v) is 19.2. The fraction of sp³-hybridized carbons (Fsp3) is 0.391. The van der Waals surface area contributed by atoms with E-state index in [1.165, 1.54) is 6.08 Å². The van der Waals surface area contributed by atoms with Crippen LogP contribution in [0, 0.1) is 19.8 Å². The molecular formula is C23H30N2O5S.